The second-order valence-electron chi connectivity index (χ2n) is 7.55. The van der Waals surface area contributed by atoms with Gasteiger partial charge in [-0.25, -0.2) is 9.97 Å². The Kier molecular flexibility index (Phi) is 6.54. The molecule has 0 bridgehead atoms. The van der Waals surface area contributed by atoms with Gasteiger partial charge in [-0.15, -0.1) is 0 Å². The summed E-state index contributed by atoms with van der Waals surface area (Å²) in [5.74, 6) is 4.27. The largest absolute Gasteiger partial charge is 0.379 e. The number of nitrogens with zero attached hydrogens (tertiary/aromatic N) is 6. The molecule has 0 aromatic carbocycles. The lowest BCUT2D eigenvalue weighted by molar-refractivity contribution is -0.0121. The van der Waals surface area contributed by atoms with Crippen molar-refractivity contribution >= 4 is 23.7 Å². The van der Waals surface area contributed by atoms with Gasteiger partial charge in [0.2, 0.25) is 5.95 Å². The average Bonchev–Trinajstić information content (AvgIpc) is 3.26. The molecule has 4 rings (SSSR count). The van der Waals surface area contributed by atoms with Gasteiger partial charge >= 0.3 is 0 Å². The monoisotopic (exact) mass is 405 g/mol. The highest BCUT2D eigenvalue weighted by Gasteiger charge is 2.41. The first-order chi connectivity index (χ1) is 13.8. The molecule has 3 fully saturated rings. The third-order valence-electron chi connectivity index (χ3n) is 5.97. The number of hydrogen-bond acceptors (Lipinski definition) is 7. The number of guanidine groups is 1. The molecule has 3 saturated heterocycles. The summed E-state index contributed by atoms with van der Waals surface area (Å²) in [7, 11) is 1.89. The van der Waals surface area contributed by atoms with Crippen LogP contribution >= 0.6 is 11.8 Å². The zero-order valence-electron chi connectivity index (χ0n) is 16.7. The van der Waals surface area contributed by atoms with Crippen LogP contribution in [0.2, 0.25) is 0 Å². The Balaban J connectivity index is 1.33. The van der Waals surface area contributed by atoms with Crippen molar-refractivity contribution in [2.45, 2.75) is 12.0 Å². The number of morpholine rings is 1. The summed E-state index contributed by atoms with van der Waals surface area (Å²) in [5.41, 5.74) is 0.226. The van der Waals surface area contributed by atoms with Crippen LogP contribution in [0.1, 0.15) is 6.42 Å². The van der Waals surface area contributed by atoms with Gasteiger partial charge < -0.3 is 19.9 Å². The van der Waals surface area contributed by atoms with Crippen molar-refractivity contribution in [3.63, 3.8) is 0 Å². The van der Waals surface area contributed by atoms with Crippen molar-refractivity contribution in [2.75, 3.05) is 82.5 Å². The van der Waals surface area contributed by atoms with E-state index in [0.717, 1.165) is 70.9 Å². The summed E-state index contributed by atoms with van der Waals surface area (Å²) < 4.78 is 5.58. The Morgan fingerprint density at radius 1 is 1.18 bits per heavy atom. The Morgan fingerprint density at radius 2 is 1.93 bits per heavy atom. The fourth-order valence-electron chi connectivity index (χ4n) is 4.28. The smallest absolute Gasteiger partial charge is 0.225 e. The fraction of sp³-hybridized carbons (Fsp3) is 0.737. The zero-order chi connectivity index (χ0) is 19.2. The van der Waals surface area contributed by atoms with Crippen LogP contribution in [0.5, 0.6) is 0 Å². The van der Waals surface area contributed by atoms with E-state index in [9.17, 15) is 0 Å². The molecule has 9 heteroatoms. The molecule has 0 saturated carbocycles. The molecule has 3 aliphatic rings. The second-order valence-corrected chi connectivity index (χ2v) is 8.66. The van der Waals surface area contributed by atoms with Crippen molar-refractivity contribution < 1.29 is 4.74 Å². The van der Waals surface area contributed by atoms with E-state index < -0.39 is 0 Å². The number of thioether (sulfide) groups is 1. The molecule has 3 aliphatic heterocycles. The summed E-state index contributed by atoms with van der Waals surface area (Å²) >= 11 is 2.07. The molecule has 8 nitrogen and oxygen atoms in total. The highest BCUT2D eigenvalue weighted by molar-refractivity contribution is 7.99. The number of ether oxygens (including phenoxy) is 1. The number of anilines is 1. The number of nitrogens with one attached hydrogen (secondary N) is 1. The van der Waals surface area contributed by atoms with E-state index in [0.29, 0.717) is 0 Å². The molecule has 1 N–H and O–H groups in total. The molecule has 0 aliphatic carbocycles. The minimum absolute atomic E-state index is 0.226. The van der Waals surface area contributed by atoms with Gasteiger partial charge in [0.15, 0.2) is 5.96 Å². The number of piperazine rings is 1. The lowest BCUT2D eigenvalue weighted by Gasteiger charge is -2.44. The van der Waals surface area contributed by atoms with Crippen LogP contribution in [0, 0.1) is 0 Å². The predicted octanol–water partition coefficient (Wildman–Crippen LogP) is 0.382. The minimum Gasteiger partial charge on any atom is -0.379 e. The predicted molar refractivity (Wildman–Crippen MR) is 114 cm³/mol. The molecule has 1 atom stereocenters. The number of rotatable bonds is 4. The first kappa shape index (κ1) is 19.7. The Labute approximate surface area is 171 Å². The van der Waals surface area contributed by atoms with Gasteiger partial charge in [-0.3, -0.25) is 9.89 Å². The van der Waals surface area contributed by atoms with E-state index in [-0.39, 0.29) is 5.54 Å². The van der Waals surface area contributed by atoms with Crippen LogP contribution in [0.3, 0.4) is 0 Å². The zero-order valence-corrected chi connectivity index (χ0v) is 17.5. The lowest BCUT2D eigenvalue weighted by atomic mass is 9.95. The third-order valence-corrected chi connectivity index (χ3v) is 7.20. The summed E-state index contributed by atoms with van der Waals surface area (Å²) in [6, 6.07) is 1.86. The van der Waals surface area contributed by atoms with Gasteiger partial charge in [-0.2, -0.15) is 11.8 Å². The summed E-state index contributed by atoms with van der Waals surface area (Å²) in [6.45, 7) is 8.41. The van der Waals surface area contributed by atoms with Crippen LogP contribution < -0.4 is 10.2 Å². The lowest BCUT2D eigenvalue weighted by Crippen LogP contribution is -2.61. The van der Waals surface area contributed by atoms with Crippen molar-refractivity contribution in [3.05, 3.63) is 18.5 Å². The van der Waals surface area contributed by atoms with Crippen LogP contribution in [-0.4, -0.2) is 109 Å². The molecular formula is C19H31N7OS. The normalized spacial score (nSPS) is 27.2. The molecule has 4 heterocycles. The Hall–Kier alpha value is -1.58. The van der Waals surface area contributed by atoms with Gasteiger partial charge in [-0.05, 0) is 18.2 Å². The molecule has 1 unspecified atom stereocenters. The van der Waals surface area contributed by atoms with Crippen LogP contribution in [0.4, 0.5) is 5.95 Å². The topological polar surface area (TPSA) is 69.1 Å². The van der Waals surface area contributed by atoms with E-state index in [1.165, 1.54) is 17.9 Å². The van der Waals surface area contributed by atoms with E-state index >= 15 is 0 Å². The van der Waals surface area contributed by atoms with Crippen LogP contribution in [0.15, 0.2) is 23.5 Å². The third kappa shape index (κ3) is 4.36. The molecule has 0 amide bonds. The highest BCUT2D eigenvalue weighted by atomic mass is 32.2. The van der Waals surface area contributed by atoms with Gasteiger partial charge in [0, 0.05) is 76.5 Å². The molecule has 0 radical (unpaired) electrons. The number of aliphatic imine (C=N–C) groups is 1. The van der Waals surface area contributed by atoms with Crippen LogP contribution in [0.25, 0.3) is 0 Å². The fourth-order valence-corrected chi connectivity index (χ4v) is 5.76. The maximum absolute atomic E-state index is 5.58. The van der Waals surface area contributed by atoms with Crippen molar-refractivity contribution in [1.82, 2.24) is 25.1 Å². The van der Waals surface area contributed by atoms with Gasteiger partial charge in [0.05, 0.1) is 13.2 Å². The molecule has 0 spiro atoms. The van der Waals surface area contributed by atoms with E-state index in [1.807, 2.05) is 13.1 Å². The molecule has 28 heavy (non-hydrogen) atoms. The van der Waals surface area contributed by atoms with E-state index in [4.69, 9.17) is 4.74 Å². The average molecular weight is 406 g/mol. The standard InChI is InChI=1S/C19H31N7OS/c1-20-17(24-6-8-25(9-7-24)18-21-4-2-5-22-18)23-15-19(3-14-28-16-19)26-10-12-27-13-11-26/h2,4-5H,3,6-16H2,1H3,(H,20,23). The molecule has 1 aromatic rings. The van der Waals surface area contributed by atoms with E-state index in [2.05, 4.69) is 46.7 Å². The van der Waals surface area contributed by atoms with Crippen molar-refractivity contribution in [1.29, 1.82) is 0 Å². The molecule has 154 valence electrons. The first-order valence-electron chi connectivity index (χ1n) is 10.2. The van der Waals surface area contributed by atoms with Crippen molar-refractivity contribution in [3.8, 4) is 0 Å². The SMILES string of the molecule is CN=C(NCC1(N2CCOCC2)CCSC1)N1CCN(c2ncccn2)CC1. The van der Waals surface area contributed by atoms with Gasteiger partial charge in [0.25, 0.3) is 0 Å². The highest BCUT2D eigenvalue weighted by Crippen LogP contribution is 2.33. The summed E-state index contributed by atoms with van der Waals surface area (Å²) in [4.78, 5) is 20.6. The molecular weight excluding hydrogens is 374 g/mol. The molecule has 1 aromatic heterocycles. The maximum Gasteiger partial charge on any atom is 0.225 e. The summed E-state index contributed by atoms with van der Waals surface area (Å²) in [5, 5.41) is 3.70. The summed E-state index contributed by atoms with van der Waals surface area (Å²) in [6.07, 6.45) is 4.85. The number of hydrogen-bond donors (Lipinski definition) is 1. The number of aromatic nitrogens is 2. The Morgan fingerprint density at radius 3 is 2.57 bits per heavy atom. The van der Waals surface area contributed by atoms with Gasteiger partial charge in [-0.1, -0.05) is 0 Å². The van der Waals surface area contributed by atoms with Crippen molar-refractivity contribution in [2.24, 2.45) is 4.99 Å². The minimum atomic E-state index is 0.226. The van der Waals surface area contributed by atoms with Crippen LogP contribution in [-0.2, 0) is 4.74 Å². The first-order valence-corrected chi connectivity index (χ1v) is 11.3. The second kappa shape index (κ2) is 9.28. The van der Waals surface area contributed by atoms with Gasteiger partial charge in [0.1, 0.15) is 0 Å². The quantitative estimate of drug-likeness (QED) is 0.570. The van der Waals surface area contributed by atoms with E-state index in [1.54, 1.807) is 12.4 Å². The maximum atomic E-state index is 5.58. The Bertz CT molecular complexity index is 639.